The summed E-state index contributed by atoms with van der Waals surface area (Å²) >= 11 is 0. The number of benzene rings is 1. The van der Waals surface area contributed by atoms with Gasteiger partial charge in [-0.25, -0.2) is 5.84 Å². The summed E-state index contributed by atoms with van der Waals surface area (Å²) in [5, 5.41) is 0. The van der Waals surface area contributed by atoms with Crippen molar-refractivity contribution < 1.29 is 13.2 Å². The smallest absolute Gasteiger partial charge is 0.266 e. The Morgan fingerprint density at radius 1 is 1.11 bits per heavy atom. The topological polar surface area (TPSA) is 93.4 Å². The Balaban J connectivity index is 2.35. The van der Waals surface area contributed by atoms with Gasteiger partial charge in [0.15, 0.2) is 0 Å². The molecule has 1 amide bonds. The lowest BCUT2D eigenvalue weighted by Gasteiger charge is -2.16. The second-order valence-electron chi connectivity index (χ2n) is 3.66. The van der Waals surface area contributed by atoms with Crippen molar-refractivity contribution >= 4 is 15.9 Å². The fraction of sp³-hybridized carbons (Fsp3) is 0. The van der Waals surface area contributed by atoms with Gasteiger partial charge in [-0.05, 0) is 24.3 Å². The number of aromatic nitrogens is 1. The minimum Gasteiger partial charge on any atom is -0.266 e. The van der Waals surface area contributed by atoms with Gasteiger partial charge in [0.2, 0.25) is 0 Å². The van der Waals surface area contributed by atoms with Crippen LogP contribution < -0.4 is 5.84 Å². The Bertz CT molecular complexity index is 672. The van der Waals surface area contributed by atoms with Crippen molar-refractivity contribution in [3.8, 4) is 0 Å². The van der Waals surface area contributed by atoms with Gasteiger partial charge < -0.3 is 0 Å². The highest BCUT2D eigenvalue weighted by atomic mass is 32.2. The van der Waals surface area contributed by atoms with Crippen LogP contribution in [0.4, 0.5) is 0 Å². The molecule has 98 valence electrons. The normalized spacial score (nSPS) is 11.0. The van der Waals surface area contributed by atoms with Gasteiger partial charge in [-0.1, -0.05) is 18.2 Å². The van der Waals surface area contributed by atoms with Crippen LogP contribution in [0.25, 0.3) is 0 Å². The molecule has 0 saturated heterocycles. The molecule has 0 aliphatic carbocycles. The number of carbonyl (C=O) groups is 1. The van der Waals surface area contributed by atoms with E-state index in [0.29, 0.717) is 0 Å². The van der Waals surface area contributed by atoms with Crippen LogP contribution in [0.2, 0.25) is 0 Å². The monoisotopic (exact) mass is 277 g/mol. The molecule has 6 nitrogen and oxygen atoms in total. The fourth-order valence-corrected chi connectivity index (χ4v) is 2.48. The molecule has 1 heterocycles. The SMILES string of the molecule is NN(C(=O)c1cccnc1)S(=O)(=O)c1ccccc1. The zero-order valence-electron chi connectivity index (χ0n) is 9.80. The van der Waals surface area contributed by atoms with E-state index < -0.39 is 15.9 Å². The molecular formula is C12H11N3O3S. The van der Waals surface area contributed by atoms with E-state index in [1.807, 2.05) is 0 Å². The number of pyridine rings is 1. The van der Waals surface area contributed by atoms with E-state index in [9.17, 15) is 13.2 Å². The molecule has 0 spiro atoms. The summed E-state index contributed by atoms with van der Waals surface area (Å²) in [4.78, 5) is 15.6. The van der Waals surface area contributed by atoms with Gasteiger partial charge in [-0.2, -0.15) is 12.8 Å². The van der Waals surface area contributed by atoms with Crippen LogP contribution in [0, 0.1) is 0 Å². The summed E-state index contributed by atoms with van der Waals surface area (Å²) in [6.07, 6.45) is 2.73. The highest BCUT2D eigenvalue weighted by Crippen LogP contribution is 2.14. The second-order valence-corrected chi connectivity index (χ2v) is 5.48. The first kappa shape index (κ1) is 13.2. The number of sulfonamides is 1. The van der Waals surface area contributed by atoms with Crippen molar-refractivity contribution in [1.82, 2.24) is 9.40 Å². The Morgan fingerprint density at radius 2 is 1.79 bits per heavy atom. The largest absolute Gasteiger partial charge is 0.283 e. The van der Waals surface area contributed by atoms with Crippen molar-refractivity contribution in [2.45, 2.75) is 4.90 Å². The molecule has 0 unspecified atom stereocenters. The van der Waals surface area contributed by atoms with E-state index in [0.717, 1.165) is 0 Å². The standard InChI is InChI=1S/C12H11N3O3S/c13-15(12(16)10-5-4-8-14-9-10)19(17,18)11-6-2-1-3-7-11/h1-9H,13H2. The molecule has 0 atom stereocenters. The Morgan fingerprint density at radius 3 is 2.37 bits per heavy atom. The molecule has 1 aromatic heterocycles. The van der Waals surface area contributed by atoms with Crippen LogP contribution in [-0.4, -0.2) is 23.7 Å². The van der Waals surface area contributed by atoms with E-state index in [1.165, 1.54) is 36.7 Å². The lowest BCUT2D eigenvalue weighted by Crippen LogP contribution is -2.42. The summed E-state index contributed by atoms with van der Waals surface area (Å²) < 4.78 is 24.4. The Kier molecular flexibility index (Phi) is 3.59. The average Bonchev–Trinajstić information content (AvgIpc) is 2.47. The molecule has 0 aliphatic rings. The molecule has 0 saturated carbocycles. The molecule has 2 aromatic rings. The van der Waals surface area contributed by atoms with Gasteiger partial charge >= 0.3 is 0 Å². The van der Waals surface area contributed by atoms with Crippen molar-refractivity contribution in [2.75, 3.05) is 0 Å². The minimum absolute atomic E-state index is 0.0465. The maximum atomic E-state index is 12.1. The van der Waals surface area contributed by atoms with Crippen LogP contribution in [0.5, 0.6) is 0 Å². The van der Waals surface area contributed by atoms with Gasteiger partial charge in [0.25, 0.3) is 15.9 Å². The predicted molar refractivity (Wildman–Crippen MR) is 68.2 cm³/mol. The summed E-state index contributed by atoms with van der Waals surface area (Å²) in [6.45, 7) is 0. The molecule has 0 bridgehead atoms. The third kappa shape index (κ3) is 2.61. The van der Waals surface area contributed by atoms with Crippen molar-refractivity contribution in [3.63, 3.8) is 0 Å². The second kappa shape index (κ2) is 5.17. The summed E-state index contributed by atoms with van der Waals surface area (Å²) in [6, 6.07) is 10.5. The van der Waals surface area contributed by atoms with Crippen LogP contribution in [0.3, 0.4) is 0 Å². The minimum atomic E-state index is -4.05. The van der Waals surface area contributed by atoms with E-state index >= 15 is 0 Å². The van der Waals surface area contributed by atoms with Gasteiger partial charge in [-0.3, -0.25) is 9.78 Å². The molecule has 0 fully saturated rings. The zero-order valence-corrected chi connectivity index (χ0v) is 10.6. The van der Waals surface area contributed by atoms with Gasteiger partial charge in [0.05, 0.1) is 10.5 Å². The summed E-state index contributed by atoms with van der Waals surface area (Å²) in [7, 11) is -4.05. The molecule has 0 radical (unpaired) electrons. The quantitative estimate of drug-likeness (QED) is 0.508. The van der Waals surface area contributed by atoms with E-state index in [1.54, 1.807) is 18.2 Å². The number of hydrogen-bond donors (Lipinski definition) is 1. The van der Waals surface area contributed by atoms with Gasteiger partial charge in [0.1, 0.15) is 0 Å². The van der Waals surface area contributed by atoms with E-state index in [-0.39, 0.29) is 14.9 Å². The summed E-state index contributed by atoms with van der Waals surface area (Å²) in [5.41, 5.74) is 0.101. The number of hydrazine groups is 1. The van der Waals surface area contributed by atoms with Crippen LogP contribution in [0.15, 0.2) is 59.8 Å². The zero-order chi connectivity index (χ0) is 13.9. The number of rotatable bonds is 3. The highest BCUT2D eigenvalue weighted by Gasteiger charge is 2.27. The molecule has 19 heavy (non-hydrogen) atoms. The molecule has 0 aliphatic heterocycles. The van der Waals surface area contributed by atoms with Crippen molar-refractivity contribution in [3.05, 3.63) is 60.4 Å². The molecular weight excluding hydrogens is 266 g/mol. The average molecular weight is 277 g/mol. The molecule has 2 rings (SSSR count). The molecule has 1 aromatic carbocycles. The first-order valence-corrected chi connectivity index (χ1v) is 6.77. The van der Waals surface area contributed by atoms with Crippen molar-refractivity contribution in [1.29, 1.82) is 0 Å². The number of nitrogens with zero attached hydrogens (tertiary/aromatic N) is 2. The molecule has 2 N–H and O–H groups in total. The van der Waals surface area contributed by atoms with Crippen LogP contribution in [-0.2, 0) is 10.0 Å². The van der Waals surface area contributed by atoms with Gasteiger partial charge in [0, 0.05) is 12.4 Å². The van der Waals surface area contributed by atoms with Crippen LogP contribution in [0.1, 0.15) is 10.4 Å². The van der Waals surface area contributed by atoms with Crippen molar-refractivity contribution in [2.24, 2.45) is 5.84 Å². The van der Waals surface area contributed by atoms with Gasteiger partial charge in [-0.15, -0.1) is 0 Å². The van der Waals surface area contributed by atoms with E-state index in [4.69, 9.17) is 5.84 Å². The third-order valence-electron chi connectivity index (χ3n) is 2.41. The highest BCUT2D eigenvalue weighted by molar-refractivity contribution is 7.89. The number of hydrogen-bond acceptors (Lipinski definition) is 5. The molecule has 7 heteroatoms. The lowest BCUT2D eigenvalue weighted by molar-refractivity contribution is 0.0861. The number of amides is 1. The number of carbonyl (C=O) groups excluding carboxylic acids is 1. The first-order chi connectivity index (χ1) is 9.03. The fourth-order valence-electron chi connectivity index (χ4n) is 1.43. The lowest BCUT2D eigenvalue weighted by atomic mass is 10.3. The first-order valence-electron chi connectivity index (χ1n) is 5.33. The maximum absolute atomic E-state index is 12.1. The van der Waals surface area contributed by atoms with E-state index in [2.05, 4.69) is 4.98 Å². The number of nitrogens with two attached hydrogens (primary N) is 1. The maximum Gasteiger partial charge on any atom is 0.283 e. The predicted octanol–water partition coefficient (Wildman–Crippen LogP) is 0.786. The summed E-state index contributed by atoms with van der Waals surface area (Å²) in [5.74, 6) is 4.59. The van der Waals surface area contributed by atoms with Crippen LogP contribution >= 0.6 is 0 Å². The Hall–Kier alpha value is -2.25. The Labute approximate surface area is 110 Å². The third-order valence-corrected chi connectivity index (χ3v) is 3.96.